The number of carboxylic acids is 1. The zero-order chi connectivity index (χ0) is 11.3. The molecule has 0 aliphatic heterocycles. The number of hydrogen-bond acceptors (Lipinski definition) is 2. The van der Waals surface area contributed by atoms with Crippen molar-refractivity contribution in [3.05, 3.63) is 12.2 Å². The Morgan fingerprint density at radius 2 is 1.75 bits per heavy atom. The van der Waals surface area contributed by atoms with Gasteiger partial charge in [-0.15, -0.1) is 0 Å². The number of hydrogen-bond donors (Lipinski definition) is 2. The van der Waals surface area contributed by atoms with Crippen LogP contribution in [0.3, 0.4) is 0 Å². The zero-order valence-electron chi connectivity index (χ0n) is 8.93. The molecule has 0 aromatic rings. The molecule has 2 bridgehead atoms. The molecule has 2 N–H and O–H groups in total. The molecule has 0 saturated heterocycles. The third kappa shape index (κ3) is 1.44. The van der Waals surface area contributed by atoms with E-state index in [0.717, 1.165) is 19.3 Å². The molecule has 0 spiro atoms. The van der Waals surface area contributed by atoms with Gasteiger partial charge in [-0.3, -0.25) is 9.59 Å². The third-order valence-corrected chi connectivity index (χ3v) is 3.97. The summed E-state index contributed by atoms with van der Waals surface area (Å²) in [6, 6.07) is 0.310. The maximum absolute atomic E-state index is 12.0. The molecule has 1 amide bonds. The molecule has 4 nitrogen and oxygen atoms in total. The molecule has 3 aliphatic rings. The summed E-state index contributed by atoms with van der Waals surface area (Å²) in [5, 5.41) is 12.1. The molecule has 0 heterocycles. The molecule has 4 atom stereocenters. The topological polar surface area (TPSA) is 66.4 Å². The van der Waals surface area contributed by atoms with Crippen LogP contribution < -0.4 is 5.32 Å². The van der Waals surface area contributed by atoms with Gasteiger partial charge in [0.05, 0.1) is 11.8 Å². The van der Waals surface area contributed by atoms with Crippen LogP contribution in [0.25, 0.3) is 0 Å². The van der Waals surface area contributed by atoms with Crippen LogP contribution in [-0.2, 0) is 9.59 Å². The van der Waals surface area contributed by atoms with Crippen LogP contribution in [0, 0.1) is 23.7 Å². The lowest BCUT2D eigenvalue weighted by atomic mass is 9.82. The summed E-state index contributed by atoms with van der Waals surface area (Å²) in [5.41, 5.74) is 0. The monoisotopic (exact) mass is 221 g/mol. The fraction of sp³-hybridized carbons (Fsp3) is 0.667. The largest absolute Gasteiger partial charge is 0.481 e. The summed E-state index contributed by atoms with van der Waals surface area (Å²) in [6.07, 6.45) is 6.89. The van der Waals surface area contributed by atoms with Crippen molar-refractivity contribution in [3.8, 4) is 0 Å². The van der Waals surface area contributed by atoms with E-state index < -0.39 is 11.9 Å². The van der Waals surface area contributed by atoms with Crippen molar-refractivity contribution < 1.29 is 14.7 Å². The van der Waals surface area contributed by atoms with Crippen molar-refractivity contribution in [2.24, 2.45) is 23.7 Å². The van der Waals surface area contributed by atoms with E-state index in [-0.39, 0.29) is 23.7 Å². The molecular formula is C12H15NO3. The SMILES string of the molecule is O=C(O)[C@H]1[C@H](C(=O)NC2CC2)[C@H]2C=C[C@H]1C2. The van der Waals surface area contributed by atoms with E-state index in [1.807, 2.05) is 12.2 Å². The van der Waals surface area contributed by atoms with Crippen LogP contribution >= 0.6 is 0 Å². The van der Waals surface area contributed by atoms with Gasteiger partial charge in [0.25, 0.3) is 0 Å². The molecule has 3 aliphatic carbocycles. The van der Waals surface area contributed by atoms with Gasteiger partial charge in [-0.25, -0.2) is 0 Å². The molecular weight excluding hydrogens is 206 g/mol. The van der Waals surface area contributed by atoms with Gasteiger partial charge in [0.1, 0.15) is 0 Å². The predicted octanol–water partition coefficient (Wildman–Crippen LogP) is 0.788. The Labute approximate surface area is 93.7 Å². The fourth-order valence-corrected chi connectivity index (χ4v) is 3.04. The molecule has 2 saturated carbocycles. The van der Waals surface area contributed by atoms with Gasteiger partial charge in [0.15, 0.2) is 0 Å². The average Bonchev–Trinajstić information content (AvgIpc) is 2.81. The lowest BCUT2D eigenvalue weighted by molar-refractivity contribution is -0.147. The highest BCUT2D eigenvalue weighted by Crippen LogP contribution is 2.48. The van der Waals surface area contributed by atoms with Gasteiger partial charge in [0.2, 0.25) is 5.91 Å². The molecule has 0 aromatic carbocycles. The van der Waals surface area contributed by atoms with E-state index in [4.69, 9.17) is 0 Å². The second-order valence-electron chi connectivity index (χ2n) is 5.12. The quantitative estimate of drug-likeness (QED) is 0.692. The number of rotatable bonds is 3. The molecule has 3 rings (SSSR count). The van der Waals surface area contributed by atoms with Gasteiger partial charge < -0.3 is 10.4 Å². The van der Waals surface area contributed by atoms with Crippen molar-refractivity contribution >= 4 is 11.9 Å². The molecule has 0 unspecified atom stereocenters. The van der Waals surface area contributed by atoms with Crippen LogP contribution in [0.2, 0.25) is 0 Å². The summed E-state index contributed by atoms with van der Waals surface area (Å²) in [6.45, 7) is 0. The maximum atomic E-state index is 12.0. The van der Waals surface area contributed by atoms with Crippen LogP contribution in [0.5, 0.6) is 0 Å². The van der Waals surface area contributed by atoms with Gasteiger partial charge in [-0.2, -0.15) is 0 Å². The van der Waals surface area contributed by atoms with E-state index in [2.05, 4.69) is 5.32 Å². The molecule has 16 heavy (non-hydrogen) atoms. The van der Waals surface area contributed by atoms with E-state index in [1.165, 1.54) is 0 Å². The van der Waals surface area contributed by atoms with Crippen molar-refractivity contribution in [2.75, 3.05) is 0 Å². The van der Waals surface area contributed by atoms with Crippen LogP contribution in [0.15, 0.2) is 12.2 Å². The Balaban J connectivity index is 1.78. The fourth-order valence-electron chi connectivity index (χ4n) is 3.04. The molecule has 0 aromatic heterocycles. The first-order valence-electron chi connectivity index (χ1n) is 5.88. The Morgan fingerprint density at radius 1 is 1.12 bits per heavy atom. The Kier molecular flexibility index (Phi) is 2.06. The van der Waals surface area contributed by atoms with Crippen LogP contribution in [0.1, 0.15) is 19.3 Å². The lowest BCUT2D eigenvalue weighted by Gasteiger charge is -2.23. The van der Waals surface area contributed by atoms with Crippen molar-refractivity contribution in [1.82, 2.24) is 5.32 Å². The van der Waals surface area contributed by atoms with E-state index in [0.29, 0.717) is 6.04 Å². The highest BCUT2D eigenvalue weighted by Gasteiger charge is 2.52. The minimum atomic E-state index is -0.826. The first kappa shape index (κ1) is 9.87. The number of fused-ring (bicyclic) bond motifs is 2. The summed E-state index contributed by atoms with van der Waals surface area (Å²) in [7, 11) is 0. The van der Waals surface area contributed by atoms with E-state index in [9.17, 15) is 14.7 Å². The second kappa shape index (κ2) is 3.34. The lowest BCUT2D eigenvalue weighted by Crippen LogP contribution is -2.40. The number of amides is 1. The molecule has 4 heteroatoms. The number of allylic oxidation sites excluding steroid dienone is 2. The highest BCUT2D eigenvalue weighted by atomic mass is 16.4. The van der Waals surface area contributed by atoms with Gasteiger partial charge in [0, 0.05) is 6.04 Å². The maximum Gasteiger partial charge on any atom is 0.307 e. The standard InChI is InChI=1S/C12H15NO3/c14-11(13-8-3-4-8)9-6-1-2-7(5-6)10(9)12(15)16/h1-2,6-10H,3-5H2,(H,13,14)(H,15,16)/t6-,7-,9+,10+/m0/s1. The Morgan fingerprint density at radius 3 is 2.31 bits per heavy atom. The molecule has 0 radical (unpaired) electrons. The number of carbonyl (C=O) groups excluding carboxylic acids is 1. The number of carboxylic acid groups (broad SMARTS) is 1. The third-order valence-electron chi connectivity index (χ3n) is 3.97. The Hall–Kier alpha value is -1.32. The predicted molar refractivity (Wildman–Crippen MR) is 56.5 cm³/mol. The minimum Gasteiger partial charge on any atom is -0.481 e. The van der Waals surface area contributed by atoms with E-state index in [1.54, 1.807) is 0 Å². The van der Waals surface area contributed by atoms with Crippen molar-refractivity contribution in [2.45, 2.75) is 25.3 Å². The second-order valence-corrected chi connectivity index (χ2v) is 5.12. The summed E-state index contributed by atoms with van der Waals surface area (Å²) in [4.78, 5) is 23.2. The van der Waals surface area contributed by atoms with Crippen molar-refractivity contribution in [1.29, 1.82) is 0 Å². The minimum absolute atomic E-state index is 0.0493. The molecule has 2 fully saturated rings. The zero-order valence-corrected chi connectivity index (χ0v) is 8.93. The molecule has 86 valence electrons. The summed E-state index contributed by atoms with van der Waals surface area (Å²) < 4.78 is 0. The first-order chi connectivity index (χ1) is 7.66. The summed E-state index contributed by atoms with van der Waals surface area (Å²) >= 11 is 0. The average molecular weight is 221 g/mol. The van der Waals surface area contributed by atoms with Gasteiger partial charge >= 0.3 is 5.97 Å². The van der Waals surface area contributed by atoms with Gasteiger partial charge in [-0.05, 0) is 31.1 Å². The van der Waals surface area contributed by atoms with Crippen molar-refractivity contribution in [3.63, 3.8) is 0 Å². The van der Waals surface area contributed by atoms with Crippen LogP contribution in [-0.4, -0.2) is 23.0 Å². The number of nitrogens with one attached hydrogen (secondary N) is 1. The first-order valence-corrected chi connectivity index (χ1v) is 5.88. The number of carbonyl (C=O) groups is 2. The van der Waals surface area contributed by atoms with Crippen LogP contribution in [0.4, 0.5) is 0 Å². The van der Waals surface area contributed by atoms with Gasteiger partial charge in [-0.1, -0.05) is 12.2 Å². The Bertz CT molecular complexity index is 372. The van der Waals surface area contributed by atoms with E-state index >= 15 is 0 Å². The number of aliphatic carboxylic acids is 1. The smallest absolute Gasteiger partial charge is 0.307 e. The highest BCUT2D eigenvalue weighted by molar-refractivity contribution is 5.87. The normalized spacial score (nSPS) is 40.0. The summed E-state index contributed by atoms with van der Waals surface area (Å²) in [5.74, 6) is -1.51.